The van der Waals surface area contributed by atoms with Crippen LogP contribution in [0.1, 0.15) is 52.3 Å². The lowest BCUT2D eigenvalue weighted by Gasteiger charge is -2.28. The number of hydrogen-bond donors (Lipinski definition) is 2. The van der Waals surface area contributed by atoms with Crippen molar-refractivity contribution in [1.82, 2.24) is 19.8 Å². The van der Waals surface area contributed by atoms with Gasteiger partial charge < -0.3 is 20.1 Å². The van der Waals surface area contributed by atoms with Gasteiger partial charge in [0.2, 0.25) is 5.91 Å². The number of carbonyl (C=O) groups excluding carboxylic acids is 1. The standard InChI is InChI=1S/C31H33N5OS/c1-21-10-9-13-25(18-21)33-28(37)15-17-35-30(29(34-31(35)38)27-14-7-8-16-32-27)26-19-22(2)36(23(26)3)20-24-11-5-4-6-12-24/h4-14,16,18-19,29-30H,15,17,20H2,1-3H3,(H,33,37)(H,34,38). The van der Waals surface area contributed by atoms with Gasteiger partial charge in [-0.3, -0.25) is 9.78 Å². The third-order valence-corrected chi connectivity index (χ3v) is 7.55. The van der Waals surface area contributed by atoms with Crippen LogP contribution in [0.2, 0.25) is 0 Å². The monoisotopic (exact) mass is 523 g/mol. The second-order valence-electron chi connectivity index (χ2n) is 9.89. The number of carbonyl (C=O) groups is 1. The van der Waals surface area contributed by atoms with E-state index >= 15 is 0 Å². The van der Waals surface area contributed by atoms with E-state index in [0.29, 0.717) is 18.1 Å². The second-order valence-corrected chi connectivity index (χ2v) is 10.3. The molecule has 6 nitrogen and oxygen atoms in total. The van der Waals surface area contributed by atoms with Crippen molar-refractivity contribution in [2.24, 2.45) is 0 Å². The van der Waals surface area contributed by atoms with Crippen molar-refractivity contribution in [2.75, 3.05) is 11.9 Å². The number of thiocarbonyl (C=S) groups is 1. The molecule has 7 heteroatoms. The molecule has 1 aliphatic heterocycles. The Balaban J connectivity index is 1.43. The van der Waals surface area contributed by atoms with Gasteiger partial charge in [-0.2, -0.15) is 0 Å². The molecule has 0 bridgehead atoms. The summed E-state index contributed by atoms with van der Waals surface area (Å²) in [5, 5.41) is 7.18. The molecule has 2 N–H and O–H groups in total. The number of benzene rings is 2. The lowest BCUT2D eigenvalue weighted by molar-refractivity contribution is -0.116. The van der Waals surface area contributed by atoms with Gasteiger partial charge >= 0.3 is 0 Å². The quantitative estimate of drug-likeness (QED) is 0.283. The van der Waals surface area contributed by atoms with Crippen LogP contribution in [0.3, 0.4) is 0 Å². The molecule has 194 valence electrons. The summed E-state index contributed by atoms with van der Waals surface area (Å²) in [7, 11) is 0. The summed E-state index contributed by atoms with van der Waals surface area (Å²) < 4.78 is 2.35. The molecule has 4 aromatic rings. The molecule has 0 saturated carbocycles. The number of nitrogens with zero attached hydrogens (tertiary/aromatic N) is 3. The maximum Gasteiger partial charge on any atom is 0.226 e. The number of aryl methyl sites for hydroxylation is 2. The second kappa shape index (κ2) is 11.2. The van der Waals surface area contributed by atoms with Crippen LogP contribution in [-0.2, 0) is 11.3 Å². The minimum atomic E-state index is -0.116. The largest absolute Gasteiger partial charge is 0.352 e. The molecule has 0 spiro atoms. The van der Waals surface area contributed by atoms with Crippen LogP contribution in [0.5, 0.6) is 0 Å². The highest BCUT2D eigenvalue weighted by Gasteiger charge is 2.41. The van der Waals surface area contributed by atoms with Crippen LogP contribution in [0, 0.1) is 20.8 Å². The van der Waals surface area contributed by atoms with Gasteiger partial charge in [0.15, 0.2) is 5.11 Å². The molecule has 1 saturated heterocycles. The van der Waals surface area contributed by atoms with E-state index in [1.807, 2.05) is 61.7 Å². The number of anilines is 1. The average molecular weight is 524 g/mol. The van der Waals surface area contributed by atoms with Crippen LogP contribution < -0.4 is 10.6 Å². The number of hydrogen-bond acceptors (Lipinski definition) is 3. The lowest BCUT2D eigenvalue weighted by atomic mass is 9.96. The van der Waals surface area contributed by atoms with Crippen LogP contribution in [0.25, 0.3) is 0 Å². The molecular formula is C31H33N5OS. The fourth-order valence-corrected chi connectivity index (χ4v) is 5.62. The smallest absolute Gasteiger partial charge is 0.226 e. The van der Waals surface area contributed by atoms with Gasteiger partial charge in [-0.25, -0.2) is 0 Å². The molecular weight excluding hydrogens is 490 g/mol. The number of pyridine rings is 1. The first-order chi connectivity index (χ1) is 18.4. The zero-order valence-corrected chi connectivity index (χ0v) is 22.8. The van der Waals surface area contributed by atoms with Gasteiger partial charge in [-0.15, -0.1) is 0 Å². The number of rotatable bonds is 8. The maximum atomic E-state index is 12.9. The Labute approximate surface area is 229 Å². The molecule has 1 amide bonds. The highest BCUT2D eigenvalue weighted by Crippen LogP contribution is 2.41. The summed E-state index contributed by atoms with van der Waals surface area (Å²) in [4.78, 5) is 19.7. The van der Waals surface area contributed by atoms with Crippen LogP contribution >= 0.6 is 12.2 Å². The van der Waals surface area contributed by atoms with E-state index in [-0.39, 0.29) is 18.0 Å². The third-order valence-electron chi connectivity index (χ3n) is 7.19. The minimum absolute atomic E-state index is 0.0343. The maximum absolute atomic E-state index is 12.9. The van der Waals surface area contributed by atoms with Gasteiger partial charge in [-0.1, -0.05) is 48.5 Å². The molecule has 0 aliphatic carbocycles. The van der Waals surface area contributed by atoms with Crippen molar-refractivity contribution >= 4 is 28.9 Å². The van der Waals surface area contributed by atoms with Gasteiger partial charge in [0.05, 0.1) is 17.8 Å². The Morgan fingerprint density at radius 3 is 2.53 bits per heavy atom. The fourth-order valence-electron chi connectivity index (χ4n) is 5.29. The number of amides is 1. The zero-order chi connectivity index (χ0) is 26.6. The number of aromatic nitrogens is 2. The van der Waals surface area contributed by atoms with E-state index in [2.05, 4.69) is 69.3 Å². The first-order valence-electron chi connectivity index (χ1n) is 13.0. The van der Waals surface area contributed by atoms with Gasteiger partial charge in [0, 0.05) is 42.8 Å². The lowest BCUT2D eigenvalue weighted by Crippen LogP contribution is -2.33. The molecule has 1 fully saturated rings. The van der Waals surface area contributed by atoms with Crippen molar-refractivity contribution in [1.29, 1.82) is 0 Å². The normalized spacial score (nSPS) is 16.9. The van der Waals surface area contributed by atoms with Crippen LogP contribution in [-0.4, -0.2) is 32.0 Å². The first-order valence-corrected chi connectivity index (χ1v) is 13.4. The highest BCUT2D eigenvalue weighted by atomic mass is 32.1. The van der Waals surface area contributed by atoms with Gasteiger partial charge in [-0.05, 0) is 80.0 Å². The summed E-state index contributed by atoms with van der Waals surface area (Å²) in [6.07, 6.45) is 2.14. The molecule has 38 heavy (non-hydrogen) atoms. The topological polar surface area (TPSA) is 62.2 Å². The van der Waals surface area contributed by atoms with E-state index in [1.54, 1.807) is 0 Å². The van der Waals surface area contributed by atoms with Crippen LogP contribution in [0.15, 0.2) is 85.1 Å². The summed E-state index contributed by atoms with van der Waals surface area (Å²) in [5.41, 5.74) is 7.68. The summed E-state index contributed by atoms with van der Waals surface area (Å²) in [6, 6.07) is 26.4. The van der Waals surface area contributed by atoms with Crippen molar-refractivity contribution < 1.29 is 4.79 Å². The average Bonchev–Trinajstić information content (AvgIpc) is 3.39. The molecule has 2 aromatic carbocycles. The van der Waals surface area contributed by atoms with Crippen LogP contribution in [0.4, 0.5) is 5.69 Å². The summed E-state index contributed by atoms with van der Waals surface area (Å²) >= 11 is 5.83. The minimum Gasteiger partial charge on any atom is -0.352 e. The SMILES string of the molecule is Cc1cccc(NC(=O)CCN2C(=S)NC(c3ccccn3)C2c2cc(C)n(Cc3ccccc3)c2C)c1. The van der Waals surface area contributed by atoms with Crippen molar-refractivity contribution in [2.45, 2.75) is 45.8 Å². The van der Waals surface area contributed by atoms with Crippen molar-refractivity contribution in [3.8, 4) is 0 Å². The molecule has 1 aliphatic rings. The molecule has 2 aromatic heterocycles. The Hall–Kier alpha value is -3.97. The Morgan fingerprint density at radius 2 is 1.79 bits per heavy atom. The fraction of sp³-hybridized carbons (Fsp3) is 0.258. The van der Waals surface area contributed by atoms with Crippen molar-refractivity contribution in [3.63, 3.8) is 0 Å². The van der Waals surface area contributed by atoms with E-state index in [4.69, 9.17) is 12.2 Å². The molecule has 2 unspecified atom stereocenters. The van der Waals surface area contributed by atoms with E-state index in [1.165, 1.54) is 22.5 Å². The Morgan fingerprint density at radius 1 is 1.00 bits per heavy atom. The van der Waals surface area contributed by atoms with Crippen molar-refractivity contribution in [3.05, 3.63) is 119 Å². The number of nitrogens with one attached hydrogen (secondary N) is 2. The van der Waals surface area contributed by atoms with E-state index in [9.17, 15) is 4.79 Å². The molecule has 5 rings (SSSR count). The molecule has 2 atom stereocenters. The van der Waals surface area contributed by atoms with Gasteiger partial charge in [0.25, 0.3) is 0 Å². The van der Waals surface area contributed by atoms with E-state index < -0.39 is 0 Å². The Kier molecular flexibility index (Phi) is 7.56. The summed E-state index contributed by atoms with van der Waals surface area (Å²) in [6.45, 7) is 7.64. The third kappa shape index (κ3) is 5.48. The summed E-state index contributed by atoms with van der Waals surface area (Å²) in [5.74, 6) is -0.0343. The predicted octanol–water partition coefficient (Wildman–Crippen LogP) is 5.86. The first kappa shape index (κ1) is 25.7. The predicted molar refractivity (Wildman–Crippen MR) is 156 cm³/mol. The zero-order valence-electron chi connectivity index (χ0n) is 22.0. The van der Waals surface area contributed by atoms with E-state index in [0.717, 1.165) is 23.5 Å². The Bertz CT molecular complexity index is 1430. The van der Waals surface area contributed by atoms with Gasteiger partial charge in [0.1, 0.15) is 0 Å². The molecule has 0 radical (unpaired) electrons. The highest BCUT2D eigenvalue weighted by molar-refractivity contribution is 7.80. The molecule has 3 heterocycles.